The van der Waals surface area contributed by atoms with Crippen molar-refractivity contribution in [3.63, 3.8) is 0 Å². The van der Waals surface area contributed by atoms with Crippen LogP contribution >= 0.6 is 11.6 Å². The van der Waals surface area contributed by atoms with Gasteiger partial charge >= 0.3 is 0 Å². The largest absolute Gasteiger partial charge is 0.356 e. The number of amides is 2. The van der Waals surface area contributed by atoms with Crippen LogP contribution in [0, 0.1) is 12.8 Å². The van der Waals surface area contributed by atoms with Gasteiger partial charge in [-0.3, -0.25) is 19.2 Å². The van der Waals surface area contributed by atoms with Crippen LogP contribution in [0.2, 0.25) is 5.02 Å². The Morgan fingerprint density at radius 2 is 1.75 bits per heavy atom. The number of halogens is 1. The van der Waals surface area contributed by atoms with Crippen LogP contribution < -0.4 is 5.32 Å². The fourth-order valence-corrected chi connectivity index (χ4v) is 7.09. The van der Waals surface area contributed by atoms with E-state index >= 15 is 0 Å². The highest BCUT2D eigenvalue weighted by atomic mass is 35.5. The van der Waals surface area contributed by atoms with Crippen LogP contribution in [0.1, 0.15) is 36.8 Å². The Balaban J connectivity index is 0.000000286. The molecule has 3 aliphatic heterocycles. The van der Waals surface area contributed by atoms with Gasteiger partial charge in [-0.25, -0.2) is 8.42 Å². The zero-order chi connectivity index (χ0) is 26.1. The Bertz CT molecular complexity index is 1310. The molecule has 8 nitrogen and oxygen atoms in total. The number of carbonyl (C=O) groups is 4. The third-order valence-corrected chi connectivity index (χ3v) is 9.38. The lowest BCUT2D eigenvalue weighted by Gasteiger charge is -2.44. The molecule has 2 unspecified atom stereocenters. The van der Waals surface area contributed by atoms with Gasteiger partial charge in [0.15, 0.2) is 5.78 Å². The summed E-state index contributed by atoms with van der Waals surface area (Å²) in [4.78, 5) is 46.0. The molecule has 3 heterocycles. The molecule has 36 heavy (non-hydrogen) atoms. The first-order valence-corrected chi connectivity index (χ1v) is 13.6. The number of benzene rings is 2. The molecule has 0 radical (unpaired) electrons. The number of carbonyl (C=O) groups excluding carboxylic acids is 4. The first-order valence-electron chi connectivity index (χ1n) is 11.7. The van der Waals surface area contributed by atoms with Gasteiger partial charge in [0.05, 0.1) is 11.3 Å². The average molecular weight is 531 g/mol. The molecule has 2 aromatic rings. The molecule has 1 N–H and O–H groups in total. The molecular formula is C26H27ClN2O6S. The van der Waals surface area contributed by atoms with Gasteiger partial charge in [-0.1, -0.05) is 41.4 Å². The van der Waals surface area contributed by atoms with Gasteiger partial charge in [-0.05, 0) is 43.2 Å². The third kappa shape index (κ3) is 4.82. The molecule has 3 saturated heterocycles. The molecule has 2 aromatic carbocycles. The third-order valence-electron chi connectivity index (χ3n) is 6.78. The zero-order valence-electron chi connectivity index (χ0n) is 19.8. The minimum absolute atomic E-state index is 0.000787. The first kappa shape index (κ1) is 26.0. The quantitative estimate of drug-likeness (QED) is 0.607. The van der Waals surface area contributed by atoms with Crippen LogP contribution in [0.5, 0.6) is 0 Å². The predicted octanol–water partition coefficient (Wildman–Crippen LogP) is 2.65. The number of sulfone groups is 1. The summed E-state index contributed by atoms with van der Waals surface area (Å²) < 4.78 is 26.6. The second-order valence-corrected chi connectivity index (χ2v) is 11.9. The molecule has 3 aliphatic rings. The molecule has 2 atom stereocenters. The zero-order valence-corrected chi connectivity index (χ0v) is 21.4. The minimum Gasteiger partial charge on any atom is -0.356 e. The van der Waals surface area contributed by atoms with Crippen molar-refractivity contribution in [3.05, 3.63) is 64.7 Å². The highest BCUT2D eigenvalue weighted by Crippen LogP contribution is 2.48. The summed E-state index contributed by atoms with van der Waals surface area (Å²) in [6, 6.07) is 13.5. The van der Waals surface area contributed by atoms with Gasteiger partial charge in [-0.2, -0.15) is 0 Å². The van der Waals surface area contributed by atoms with E-state index in [0.29, 0.717) is 37.3 Å². The fraction of sp³-hybridized carbons (Fsp3) is 0.385. The Morgan fingerprint density at radius 1 is 1.03 bits per heavy atom. The average Bonchev–Trinajstić information content (AvgIpc) is 2.92. The molecule has 2 amide bonds. The lowest BCUT2D eigenvalue weighted by molar-refractivity contribution is -0.150. The standard InChI is InChI=1S/C20H18ClNO4S.C6H9NO2/c1-13-3-2-4-14(9-13)10-15-12-22-18(23)11-20(22,19(15)24)27(25,26)17-7-5-16(21)6-8-17;8-5-1-2-6(9)7-4-3-5/h2-9,15H,10-12H2,1H3;1-4H2,(H,7,9). The summed E-state index contributed by atoms with van der Waals surface area (Å²) in [5.41, 5.74) is 2.03. The molecule has 0 spiro atoms. The lowest BCUT2D eigenvalue weighted by Crippen LogP contribution is -2.67. The van der Waals surface area contributed by atoms with Crippen LogP contribution in [0.3, 0.4) is 0 Å². The van der Waals surface area contributed by atoms with Gasteiger partial charge < -0.3 is 10.2 Å². The molecule has 0 saturated carbocycles. The molecule has 10 heteroatoms. The molecule has 5 rings (SSSR count). The SMILES string of the molecule is Cc1cccc(CC2CN3C(=O)CC3(S(=O)(=O)c3ccc(Cl)cc3)C2=O)c1.O=C1CCNC(=O)CC1. The van der Waals surface area contributed by atoms with Crippen molar-refractivity contribution in [1.82, 2.24) is 10.2 Å². The molecule has 0 bridgehead atoms. The number of hydrogen-bond acceptors (Lipinski definition) is 6. The predicted molar refractivity (Wildman–Crippen MR) is 133 cm³/mol. The van der Waals surface area contributed by atoms with Crippen LogP contribution in [-0.2, 0) is 35.4 Å². The number of nitrogens with one attached hydrogen (secondary N) is 1. The molecule has 0 aliphatic carbocycles. The van der Waals surface area contributed by atoms with Gasteiger partial charge in [-0.15, -0.1) is 0 Å². The van der Waals surface area contributed by atoms with E-state index < -0.39 is 26.4 Å². The highest BCUT2D eigenvalue weighted by Gasteiger charge is 2.70. The van der Waals surface area contributed by atoms with Gasteiger partial charge in [0.25, 0.3) is 0 Å². The van der Waals surface area contributed by atoms with Crippen LogP contribution in [0.25, 0.3) is 0 Å². The van der Waals surface area contributed by atoms with E-state index in [1.165, 1.54) is 29.2 Å². The molecule has 190 valence electrons. The summed E-state index contributed by atoms with van der Waals surface area (Å²) in [5, 5.41) is 3.02. The van der Waals surface area contributed by atoms with E-state index in [1.807, 2.05) is 31.2 Å². The smallest absolute Gasteiger partial charge is 0.228 e. The fourth-order valence-electron chi connectivity index (χ4n) is 4.87. The summed E-state index contributed by atoms with van der Waals surface area (Å²) in [6.45, 7) is 2.62. The van der Waals surface area contributed by atoms with Crippen molar-refractivity contribution in [3.8, 4) is 0 Å². The maximum absolute atomic E-state index is 13.3. The number of Topliss-reactive ketones (excluding diaryl/α,β-unsaturated/α-hetero) is 2. The number of nitrogens with zero attached hydrogens (tertiary/aromatic N) is 1. The van der Waals surface area contributed by atoms with Crippen LogP contribution in [0.4, 0.5) is 0 Å². The van der Waals surface area contributed by atoms with Crippen LogP contribution in [-0.4, -0.2) is 54.7 Å². The summed E-state index contributed by atoms with van der Waals surface area (Å²) >= 11 is 5.85. The first-order chi connectivity index (χ1) is 17.0. The normalized spacial score (nSPS) is 23.7. The van der Waals surface area contributed by atoms with Gasteiger partial charge in [0.2, 0.25) is 26.5 Å². The van der Waals surface area contributed by atoms with E-state index in [2.05, 4.69) is 5.32 Å². The number of hydrogen-bond donors (Lipinski definition) is 1. The van der Waals surface area contributed by atoms with Crippen molar-refractivity contribution in [1.29, 1.82) is 0 Å². The number of aryl methyl sites for hydroxylation is 1. The van der Waals surface area contributed by atoms with Crippen molar-refractivity contribution in [2.24, 2.45) is 5.92 Å². The molecule has 0 aromatic heterocycles. The Kier molecular flexibility index (Phi) is 7.33. The van der Waals surface area contributed by atoms with Gasteiger partial charge in [0, 0.05) is 43.3 Å². The molecular weight excluding hydrogens is 504 g/mol. The van der Waals surface area contributed by atoms with Crippen molar-refractivity contribution < 1.29 is 27.6 Å². The minimum atomic E-state index is -4.04. The lowest BCUT2D eigenvalue weighted by atomic mass is 9.92. The van der Waals surface area contributed by atoms with Gasteiger partial charge in [0.1, 0.15) is 5.78 Å². The maximum atomic E-state index is 13.3. The van der Waals surface area contributed by atoms with Crippen molar-refractivity contribution in [2.75, 3.05) is 13.1 Å². The van der Waals surface area contributed by atoms with E-state index in [9.17, 15) is 27.6 Å². The highest BCUT2D eigenvalue weighted by molar-refractivity contribution is 7.93. The van der Waals surface area contributed by atoms with E-state index in [0.717, 1.165) is 11.1 Å². The summed E-state index contributed by atoms with van der Waals surface area (Å²) in [6.07, 6.45) is 1.43. The number of β-lactam (4-membered cyclic amide) rings is 1. The van der Waals surface area contributed by atoms with Crippen LogP contribution in [0.15, 0.2) is 53.4 Å². The Morgan fingerprint density at radius 3 is 2.42 bits per heavy atom. The second kappa shape index (κ2) is 10.1. The van der Waals surface area contributed by atoms with E-state index in [-0.39, 0.29) is 35.5 Å². The number of fused-ring (bicyclic) bond motifs is 1. The van der Waals surface area contributed by atoms with Crippen molar-refractivity contribution >= 4 is 44.8 Å². The monoisotopic (exact) mass is 530 g/mol. The maximum Gasteiger partial charge on any atom is 0.228 e. The Labute approximate surface area is 214 Å². The van der Waals surface area contributed by atoms with Crippen molar-refractivity contribution in [2.45, 2.75) is 48.8 Å². The molecule has 3 fully saturated rings. The second-order valence-electron chi connectivity index (χ2n) is 9.32. The number of ketones is 2. The van der Waals surface area contributed by atoms with E-state index in [1.54, 1.807) is 0 Å². The van der Waals surface area contributed by atoms with E-state index in [4.69, 9.17) is 11.6 Å². The topological polar surface area (TPSA) is 118 Å². The Hall–Kier alpha value is -3.04. The number of rotatable bonds is 4. The summed E-state index contributed by atoms with van der Waals surface area (Å²) in [7, 11) is -4.04. The summed E-state index contributed by atoms with van der Waals surface area (Å²) in [5.74, 6) is -1.03.